The Morgan fingerprint density at radius 1 is 1.09 bits per heavy atom. The lowest BCUT2D eigenvalue weighted by atomic mass is 9.75. The van der Waals surface area contributed by atoms with Crippen molar-refractivity contribution in [2.45, 2.75) is 71.9 Å². The zero-order valence-corrected chi connectivity index (χ0v) is 20.4. The van der Waals surface area contributed by atoms with Gasteiger partial charge in [-0.15, -0.1) is 0 Å². The molecule has 2 aliphatic rings. The number of anilines is 1. The average Bonchev–Trinajstić information content (AvgIpc) is 3.26. The van der Waals surface area contributed by atoms with Gasteiger partial charge >= 0.3 is 0 Å². The van der Waals surface area contributed by atoms with Crippen LogP contribution in [-0.4, -0.2) is 59.4 Å². The highest BCUT2D eigenvalue weighted by atomic mass is 16.2. The maximum absolute atomic E-state index is 13.5. The largest absolute Gasteiger partial charge is 0.356 e. The molecule has 9 nitrogen and oxygen atoms in total. The summed E-state index contributed by atoms with van der Waals surface area (Å²) in [6.45, 7) is 8.41. The van der Waals surface area contributed by atoms with Crippen molar-refractivity contribution in [3.63, 3.8) is 0 Å². The van der Waals surface area contributed by atoms with Crippen molar-refractivity contribution in [2.24, 2.45) is 11.8 Å². The normalized spacial score (nSPS) is 21.3. The van der Waals surface area contributed by atoms with Crippen LogP contribution in [0.2, 0.25) is 0 Å². The van der Waals surface area contributed by atoms with Crippen molar-refractivity contribution >= 4 is 22.9 Å². The van der Waals surface area contributed by atoms with E-state index in [9.17, 15) is 4.79 Å². The Hall–Kier alpha value is -3.10. The molecule has 2 fully saturated rings. The number of hydrogen-bond acceptors (Lipinski definition) is 7. The van der Waals surface area contributed by atoms with Crippen LogP contribution in [0.25, 0.3) is 22.6 Å². The Kier molecular flexibility index (Phi) is 6.43. The number of piperidine rings is 1. The molecule has 180 valence electrons. The molecule has 0 spiro atoms. The summed E-state index contributed by atoms with van der Waals surface area (Å²) in [7, 11) is 0. The van der Waals surface area contributed by atoms with E-state index in [-0.39, 0.29) is 11.9 Å². The van der Waals surface area contributed by atoms with Crippen LogP contribution in [0.4, 0.5) is 5.82 Å². The van der Waals surface area contributed by atoms with Gasteiger partial charge in [0.15, 0.2) is 17.0 Å². The Morgan fingerprint density at radius 2 is 1.85 bits per heavy atom. The minimum Gasteiger partial charge on any atom is -0.356 e. The molecule has 1 saturated carbocycles. The number of amides is 1. The molecule has 4 heterocycles. The van der Waals surface area contributed by atoms with Crippen molar-refractivity contribution in [2.75, 3.05) is 18.4 Å². The molecule has 3 atom stereocenters. The summed E-state index contributed by atoms with van der Waals surface area (Å²) in [5.41, 5.74) is 2.23. The molecular formula is C25H34N8O. The lowest BCUT2D eigenvalue weighted by molar-refractivity contribution is -0.135. The van der Waals surface area contributed by atoms with Gasteiger partial charge in [0.05, 0.1) is 5.56 Å². The number of imidazole rings is 1. The fourth-order valence-electron chi connectivity index (χ4n) is 5.60. The number of carbonyl (C=O) groups is 1. The first-order chi connectivity index (χ1) is 16.6. The molecule has 5 rings (SSSR count). The van der Waals surface area contributed by atoms with Crippen LogP contribution in [0.1, 0.15) is 58.2 Å². The van der Waals surface area contributed by atoms with E-state index < -0.39 is 0 Å². The number of aryl methyl sites for hydroxylation is 2. The standard InChI is InChI=1S/C25H34N8O/c1-4-20(25(34)32-11-10-17-8-6-7-9-18(17)14-32)30-22-21-24(29-15-28-22)33(5-2)23(31-21)19-12-26-16(3)27-13-19/h12-13,15,17-18,20H,4-11,14H2,1-3H3,(H,28,29,30). The smallest absolute Gasteiger partial charge is 0.245 e. The maximum atomic E-state index is 13.5. The van der Waals surface area contributed by atoms with E-state index in [1.807, 2.05) is 18.4 Å². The third kappa shape index (κ3) is 4.23. The summed E-state index contributed by atoms with van der Waals surface area (Å²) >= 11 is 0. The lowest BCUT2D eigenvalue weighted by Gasteiger charge is -2.42. The van der Waals surface area contributed by atoms with Crippen LogP contribution >= 0.6 is 0 Å². The molecule has 0 radical (unpaired) electrons. The monoisotopic (exact) mass is 462 g/mol. The van der Waals surface area contributed by atoms with Crippen molar-refractivity contribution in [3.8, 4) is 11.4 Å². The number of aromatic nitrogens is 6. The van der Waals surface area contributed by atoms with Crippen LogP contribution < -0.4 is 5.32 Å². The molecular weight excluding hydrogens is 428 g/mol. The predicted octanol–water partition coefficient (Wildman–Crippen LogP) is 3.84. The second-order valence-corrected chi connectivity index (χ2v) is 9.58. The van der Waals surface area contributed by atoms with E-state index in [1.54, 1.807) is 18.7 Å². The number of nitrogens with one attached hydrogen (secondary N) is 1. The molecule has 1 amide bonds. The molecule has 1 N–H and O–H groups in total. The average molecular weight is 463 g/mol. The predicted molar refractivity (Wildman–Crippen MR) is 131 cm³/mol. The summed E-state index contributed by atoms with van der Waals surface area (Å²) in [6, 6.07) is -0.337. The number of rotatable bonds is 6. The van der Waals surface area contributed by atoms with Gasteiger partial charge in [-0.1, -0.05) is 26.2 Å². The minimum atomic E-state index is -0.337. The topological polar surface area (TPSA) is 102 Å². The first kappa shape index (κ1) is 22.7. The summed E-state index contributed by atoms with van der Waals surface area (Å²) in [4.78, 5) is 38.1. The fraction of sp³-hybridized carbons (Fsp3) is 0.600. The highest BCUT2D eigenvalue weighted by Crippen LogP contribution is 2.36. The molecule has 0 aromatic carbocycles. The number of hydrogen-bond donors (Lipinski definition) is 1. The number of fused-ring (bicyclic) bond motifs is 2. The Bertz CT molecular complexity index is 1160. The SMILES string of the molecule is CCC(Nc1ncnc2c1nc(-c1cnc(C)nc1)n2CC)C(=O)N1CCC2CCCCC2C1. The van der Waals surface area contributed by atoms with Crippen molar-refractivity contribution in [1.29, 1.82) is 0 Å². The second kappa shape index (κ2) is 9.64. The van der Waals surface area contributed by atoms with Gasteiger partial charge in [0.1, 0.15) is 24.0 Å². The van der Waals surface area contributed by atoms with Gasteiger partial charge < -0.3 is 14.8 Å². The Morgan fingerprint density at radius 3 is 2.59 bits per heavy atom. The van der Waals surface area contributed by atoms with Gasteiger partial charge in [-0.3, -0.25) is 4.79 Å². The van der Waals surface area contributed by atoms with Crippen LogP contribution in [0.3, 0.4) is 0 Å². The van der Waals surface area contributed by atoms with Crippen molar-refractivity contribution < 1.29 is 4.79 Å². The number of carbonyl (C=O) groups excluding carboxylic acids is 1. The molecule has 34 heavy (non-hydrogen) atoms. The highest BCUT2D eigenvalue weighted by molar-refractivity contribution is 5.90. The van der Waals surface area contributed by atoms with E-state index in [4.69, 9.17) is 4.98 Å². The second-order valence-electron chi connectivity index (χ2n) is 9.58. The first-order valence-corrected chi connectivity index (χ1v) is 12.6. The molecule has 9 heteroatoms. The molecule has 3 unspecified atom stereocenters. The first-order valence-electron chi connectivity index (χ1n) is 12.6. The highest BCUT2D eigenvalue weighted by Gasteiger charge is 2.35. The Balaban J connectivity index is 1.41. The van der Waals surface area contributed by atoms with E-state index in [0.29, 0.717) is 36.0 Å². The van der Waals surface area contributed by atoms with Crippen LogP contribution in [0, 0.1) is 18.8 Å². The maximum Gasteiger partial charge on any atom is 0.245 e. The molecule has 0 bridgehead atoms. The molecule has 1 saturated heterocycles. The van der Waals surface area contributed by atoms with Crippen LogP contribution in [0.5, 0.6) is 0 Å². The molecule has 3 aromatic heterocycles. The molecule has 1 aliphatic carbocycles. The summed E-state index contributed by atoms with van der Waals surface area (Å²) in [5.74, 6) is 3.69. The summed E-state index contributed by atoms with van der Waals surface area (Å²) < 4.78 is 2.03. The van der Waals surface area contributed by atoms with E-state index in [0.717, 1.165) is 42.5 Å². The molecule has 1 aliphatic heterocycles. The van der Waals surface area contributed by atoms with E-state index >= 15 is 0 Å². The van der Waals surface area contributed by atoms with Crippen molar-refractivity contribution in [1.82, 2.24) is 34.4 Å². The summed E-state index contributed by atoms with van der Waals surface area (Å²) in [6.07, 6.45) is 12.1. The van der Waals surface area contributed by atoms with E-state index in [2.05, 4.69) is 37.1 Å². The number of nitrogens with zero attached hydrogens (tertiary/aromatic N) is 7. The van der Waals surface area contributed by atoms with Crippen LogP contribution in [0.15, 0.2) is 18.7 Å². The van der Waals surface area contributed by atoms with Gasteiger partial charge in [-0.05, 0) is 44.9 Å². The Labute approximate surface area is 200 Å². The fourth-order valence-corrected chi connectivity index (χ4v) is 5.60. The molecule has 3 aromatic rings. The van der Waals surface area contributed by atoms with Gasteiger partial charge in [0, 0.05) is 32.0 Å². The third-order valence-corrected chi connectivity index (χ3v) is 7.51. The lowest BCUT2D eigenvalue weighted by Crippen LogP contribution is -2.50. The van der Waals surface area contributed by atoms with Gasteiger partial charge in [-0.2, -0.15) is 0 Å². The number of likely N-dealkylation sites (tertiary alicyclic amines) is 1. The zero-order valence-electron chi connectivity index (χ0n) is 20.4. The van der Waals surface area contributed by atoms with Crippen LogP contribution in [-0.2, 0) is 11.3 Å². The van der Waals surface area contributed by atoms with Gasteiger partial charge in [0.2, 0.25) is 5.91 Å². The summed E-state index contributed by atoms with van der Waals surface area (Å²) in [5, 5.41) is 3.42. The van der Waals surface area contributed by atoms with E-state index in [1.165, 1.54) is 25.7 Å². The quantitative estimate of drug-likeness (QED) is 0.594. The van der Waals surface area contributed by atoms with Gasteiger partial charge in [0.25, 0.3) is 0 Å². The van der Waals surface area contributed by atoms with Crippen molar-refractivity contribution in [3.05, 3.63) is 24.5 Å². The minimum absolute atomic E-state index is 0.167. The zero-order chi connectivity index (χ0) is 23.7. The van der Waals surface area contributed by atoms with Gasteiger partial charge in [-0.25, -0.2) is 24.9 Å². The third-order valence-electron chi connectivity index (χ3n) is 7.51.